The number of aliphatic hydroxyl groups excluding tert-OH is 1. The van der Waals surface area contributed by atoms with Gasteiger partial charge in [-0.2, -0.15) is 4.31 Å². The maximum absolute atomic E-state index is 14.0. The van der Waals surface area contributed by atoms with E-state index in [1.807, 2.05) is 58.0 Å². The number of hydrogen-bond donors (Lipinski definition) is 4. The van der Waals surface area contributed by atoms with Gasteiger partial charge < -0.3 is 15.7 Å². The van der Waals surface area contributed by atoms with Crippen molar-refractivity contribution < 1.29 is 27.5 Å². The number of fused-ring (bicyclic) bond motifs is 1. The van der Waals surface area contributed by atoms with Crippen molar-refractivity contribution >= 4 is 43.4 Å². The van der Waals surface area contributed by atoms with Crippen molar-refractivity contribution in [1.29, 1.82) is 0 Å². The van der Waals surface area contributed by atoms with E-state index in [0.717, 1.165) is 10.3 Å². The third-order valence-electron chi connectivity index (χ3n) is 8.49. The van der Waals surface area contributed by atoms with Crippen LogP contribution in [0.2, 0.25) is 0 Å². The van der Waals surface area contributed by atoms with Crippen molar-refractivity contribution in [3.63, 3.8) is 0 Å². The number of benzene rings is 3. The molecule has 0 unspecified atom stereocenters. The highest BCUT2D eigenvalue weighted by atomic mass is 32.2. The molecule has 4 rings (SSSR count). The summed E-state index contributed by atoms with van der Waals surface area (Å²) in [5.74, 6) is -1.69. The number of sulfonamides is 1. The number of rotatable bonds is 17. The second kappa shape index (κ2) is 17.0. The molecule has 13 heteroatoms. The molecule has 10 nitrogen and oxygen atoms in total. The zero-order valence-electron chi connectivity index (χ0n) is 29.4. The van der Waals surface area contributed by atoms with Gasteiger partial charge in [-0.15, -0.1) is 11.3 Å². The summed E-state index contributed by atoms with van der Waals surface area (Å²) in [4.78, 5) is 31.3. The van der Waals surface area contributed by atoms with Gasteiger partial charge in [0.05, 0.1) is 39.3 Å². The Morgan fingerprint density at radius 2 is 1.68 bits per heavy atom. The summed E-state index contributed by atoms with van der Waals surface area (Å²) in [5, 5.41) is 20.6. The fraction of sp³-hybridized carbons (Fsp3) is 0.432. The Labute approximate surface area is 298 Å². The van der Waals surface area contributed by atoms with Crippen LogP contribution in [0, 0.1) is 17.7 Å². The average molecular weight is 726 g/mol. The minimum absolute atomic E-state index is 0.0497. The molecule has 0 bridgehead atoms. The predicted octanol–water partition coefficient (Wildman–Crippen LogP) is 4.84. The van der Waals surface area contributed by atoms with Crippen molar-refractivity contribution in [2.75, 3.05) is 19.6 Å². The molecule has 4 N–H and O–H groups in total. The number of aromatic nitrogens is 1. The van der Waals surface area contributed by atoms with E-state index in [9.17, 15) is 27.5 Å². The molecule has 3 aromatic carbocycles. The fourth-order valence-electron chi connectivity index (χ4n) is 5.62. The maximum Gasteiger partial charge on any atom is 0.243 e. The van der Waals surface area contributed by atoms with Crippen molar-refractivity contribution in [2.45, 2.75) is 76.6 Å². The summed E-state index contributed by atoms with van der Waals surface area (Å²) in [7, 11) is -4.03. The summed E-state index contributed by atoms with van der Waals surface area (Å²) in [6, 6.07) is 18.4. The summed E-state index contributed by atoms with van der Waals surface area (Å²) < 4.78 is 43.8. The molecule has 3 atom stereocenters. The Kier molecular flexibility index (Phi) is 13.3. The Hall–Kier alpha value is -3.75. The summed E-state index contributed by atoms with van der Waals surface area (Å²) >= 11 is 1.34. The maximum atomic E-state index is 14.0. The largest absolute Gasteiger partial charge is 0.390 e. The molecule has 0 spiro atoms. The average Bonchev–Trinajstić information content (AvgIpc) is 3.54. The minimum Gasteiger partial charge on any atom is -0.390 e. The molecule has 1 heterocycles. The summed E-state index contributed by atoms with van der Waals surface area (Å²) in [6.07, 6.45) is -1.07. The first-order valence-electron chi connectivity index (χ1n) is 16.7. The molecular weight excluding hydrogens is 678 g/mol. The highest BCUT2D eigenvalue weighted by molar-refractivity contribution is 7.89. The van der Waals surface area contributed by atoms with Gasteiger partial charge in [0.15, 0.2) is 0 Å². The number of carbonyl (C=O) groups is 2. The van der Waals surface area contributed by atoms with E-state index in [4.69, 9.17) is 0 Å². The molecule has 0 saturated carbocycles. The number of carbonyl (C=O) groups excluding carboxylic acids is 2. The molecule has 0 aliphatic heterocycles. The van der Waals surface area contributed by atoms with E-state index in [-0.39, 0.29) is 48.6 Å². The van der Waals surface area contributed by atoms with Gasteiger partial charge in [0, 0.05) is 18.6 Å². The first-order chi connectivity index (χ1) is 23.6. The molecule has 0 saturated heterocycles. The molecule has 0 radical (unpaired) electrons. The third kappa shape index (κ3) is 10.4. The Balaban J connectivity index is 1.52. The lowest BCUT2D eigenvalue weighted by Crippen LogP contribution is -2.58. The van der Waals surface area contributed by atoms with Crippen molar-refractivity contribution in [3.8, 4) is 0 Å². The lowest BCUT2D eigenvalue weighted by molar-refractivity contribution is -0.130. The van der Waals surface area contributed by atoms with Crippen LogP contribution >= 0.6 is 11.3 Å². The number of thiazole rings is 1. The Morgan fingerprint density at radius 3 is 2.34 bits per heavy atom. The van der Waals surface area contributed by atoms with E-state index >= 15 is 0 Å². The normalized spacial score (nSPS) is 14.2. The smallest absolute Gasteiger partial charge is 0.243 e. The first-order valence-corrected chi connectivity index (χ1v) is 19.0. The topological polar surface area (TPSA) is 141 Å². The van der Waals surface area contributed by atoms with E-state index in [1.165, 1.54) is 33.8 Å². The molecular formula is C37H48FN5O5S2. The fourth-order valence-corrected chi connectivity index (χ4v) is 8.06. The summed E-state index contributed by atoms with van der Waals surface area (Å²) in [6.45, 7) is 10.8. The van der Waals surface area contributed by atoms with Gasteiger partial charge in [-0.1, -0.05) is 70.2 Å². The van der Waals surface area contributed by atoms with Gasteiger partial charge in [-0.3, -0.25) is 14.9 Å². The van der Waals surface area contributed by atoms with Crippen LogP contribution in [-0.4, -0.2) is 72.4 Å². The van der Waals surface area contributed by atoms with Gasteiger partial charge in [0.2, 0.25) is 21.8 Å². The minimum atomic E-state index is -4.03. The molecule has 4 aromatic rings. The molecule has 50 heavy (non-hydrogen) atoms. The Bertz CT molecular complexity index is 1850. The second-order valence-electron chi connectivity index (χ2n) is 13.8. The van der Waals surface area contributed by atoms with E-state index in [1.54, 1.807) is 43.6 Å². The lowest BCUT2D eigenvalue weighted by Gasteiger charge is -2.32. The van der Waals surface area contributed by atoms with Crippen LogP contribution in [-0.2, 0) is 31.6 Å². The van der Waals surface area contributed by atoms with Gasteiger partial charge in [0.1, 0.15) is 11.9 Å². The van der Waals surface area contributed by atoms with Crippen molar-refractivity contribution in [2.24, 2.45) is 11.8 Å². The molecule has 0 aliphatic rings. The summed E-state index contributed by atoms with van der Waals surface area (Å²) in [5.41, 5.74) is 3.13. The number of nitrogens with zero attached hydrogens (tertiary/aromatic N) is 2. The number of halogens is 1. The SMILES string of the molecule is CC(C)CN(C[C@@H](O)[C@H](Cc1ccccc1)NC(=O)[C@@H](NC(=O)CNC(C)(C)c1cccc(F)c1)C(C)C)S(=O)(=O)c1ccc2ncsc2c1. The zero-order valence-corrected chi connectivity index (χ0v) is 31.0. The monoisotopic (exact) mass is 725 g/mol. The van der Waals surface area contributed by atoms with Gasteiger partial charge in [-0.05, 0) is 73.6 Å². The van der Waals surface area contributed by atoms with Crippen LogP contribution in [0.5, 0.6) is 0 Å². The van der Waals surface area contributed by atoms with Crippen molar-refractivity contribution in [1.82, 2.24) is 25.2 Å². The zero-order chi connectivity index (χ0) is 36.6. The quantitative estimate of drug-likeness (QED) is 0.122. The standard InChI is InChI=1S/C37H48FN5O5S2/c1-24(2)21-43(50(47,48)29-15-16-30-33(19-29)49-23-39-30)22-32(44)31(17-26-11-8-7-9-12-26)41-36(46)35(25(3)4)42-34(45)20-40-37(5,6)27-13-10-14-28(38)18-27/h7-16,18-19,23-25,31-32,35,40,44H,17,20-22H2,1-6H3,(H,41,46)(H,42,45)/t31-,32+,35-/m0/s1. The van der Waals surface area contributed by atoms with Crippen LogP contribution in [0.15, 0.2) is 83.2 Å². The van der Waals surface area contributed by atoms with Gasteiger partial charge in [-0.25, -0.2) is 17.8 Å². The van der Waals surface area contributed by atoms with Crippen molar-refractivity contribution in [3.05, 3.63) is 95.3 Å². The highest BCUT2D eigenvalue weighted by Crippen LogP contribution is 2.25. The van der Waals surface area contributed by atoms with Crippen LogP contribution in [0.3, 0.4) is 0 Å². The number of amides is 2. The highest BCUT2D eigenvalue weighted by Gasteiger charge is 2.34. The molecule has 0 fully saturated rings. The van der Waals surface area contributed by atoms with Crippen LogP contribution in [0.4, 0.5) is 4.39 Å². The molecule has 1 aromatic heterocycles. The van der Waals surface area contributed by atoms with Crippen LogP contribution in [0.25, 0.3) is 10.2 Å². The molecule has 2 amide bonds. The van der Waals surface area contributed by atoms with E-state index < -0.39 is 45.6 Å². The second-order valence-corrected chi connectivity index (χ2v) is 16.7. The molecule has 270 valence electrons. The number of aliphatic hydroxyl groups is 1. The Morgan fingerprint density at radius 1 is 0.960 bits per heavy atom. The van der Waals surface area contributed by atoms with E-state index in [0.29, 0.717) is 11.1 Å². The predicted molar refractivity (Wildman–Crippen MR) is 195 cm³/mol. The first kappa shape index (κ1) is 39.0. The van der Waals surface area contributed by atoms with Gasteiger partial charge in [0.25, 0.3) is 0 Å². The lowest BCUT2D eigenvalue weighted by atomic mass is 9.94. The third-order valence-corrected chi connectivity index (χ3v) is 11.1. The number of hydrogen-bond acceptors (Lipinski definition) is 8. The van der Waals surface area contributed by atoms with E-state index in [2.05, 4.69) is 20.9 Å². The van der Waals surface area contributed by atoms with Gasteiger partial charge >= 0.3 is 0 Å². The van der Waals surface area contributed by atoms with Crippen LogP contribution < -0.4 is 16.0 Å². The molecule has 0 aliphatic carbocycles. The van der Waals surface area contributed by atoms with Crippen LogP contribution in [0.1, 0.15) is 52.7 Å². The number of nitrogens with one attached hydrogen (secondary N) is 3.